The van der Waals surface area contributed by atoms with E-state index in [-0.39, 0.29) is 5.02 Å². The predicted octanol–water partition coefficient (Wildman–Crippen LogP) is 2.16. The van der Waals surface area contributed by atoms with E-state index in [9.17, 15) is 13.2 Å². The molecule has 1 aromatic rings. The van der Waals surface area contributed by atoms with Crippen molar-refractivity contribution in [2.24, 2.45) is 0 Å². The van der Waals surface area contributed by atoms with Crippen molar-refractivity contribution in [3.63, 3.8) is 0 Å². The fraction of sp³-hybridized carbons (Fsp3) is 0.500. The average Bonchev–Trinajstić information content (AvgIpc) is 2.17. The highest BCUT2D eigenvalue weighted by Crippen LogP contribution is 2.34. The molecule has 1 aromatic heterocycles. The van der Waals surface area contributed by atoms with E-state index in [1.807, 2.05) is 11.9 Å². The van der Waals surface area contributed by atoms with Gasteiger partial charge in [0, 0.05) is 25.3 Å². The number of likely N-dealkylation sites (N-methyl/N-ethyl adjacent to an activating group) is 1. The first kappa shape index (κ1) is 12.4. The number of hydrogen-bond donors (Lipinski definition) is 1. The molecule has 0 atom stereocenters. The van der Waals surface area contributed by atoms with Crippen molar-refractivity contribution in [2.45, 2.75) is 12.2 Å². The van der Waals surface area contributed by atoms with Crippen LogP contribution in [0.2, 0.25) is 5.02 Å². The summed E-state index contributed by atoms with van der Waals surface area (Å²) in [6, 6.07) is 1.26. The first-order valence-electron chi connectivity index (χ1n) is 5.06. The smallest absolute Gasteiger partial charge is 0.352 e. The zero-order valence-corrected chi connectivity index (χ0v) is 9.81. The normalized spacial score (nSPS) is 17.1. The summed E-state index contributed by atoms with van der Waals surface area (Å²) in [5, 5.41) is 3.10. The Balaban J connectivity index is 2.16. The molecule has 0 aliphatic carbocycles. The maximum atomic E-state index is 12.4. The number of rotatable bonds is 2. The number of nitrogens with one attached hydrogen (secondary N) is 1. The first-order chi connectivity index (χ1) is 7.91. The number of hydrogen-bond acceptors (Lipinski definition) is 3. The maximum Gasteiger partial charge on any atom is 0.417 e. The van der Waals surface area contributed by atoms with Crippen molar-refractivity contribution in [3.8, 4) is 0 Å². The standard InChI is InChI=1S/C10H11ClF3N3/c1-15-7-4-17(5-7)9-8(11)2-6(3-16-9)10(12,13)14/h2-3,7,15H,4-5H2,1H3. The first-order valence-corrected chi connectivity index (χ1v) is 5.44. The molecule has 0 bridgehead atoms. The number of pyridine rings is 1. The van der Waals surface area contributed by atoms with Gasteiger partial charge >= 0.3 is 6.18 Å². The molecule has 94 valence electrons. The lowest BCUT2D eigenvalue weighted by Crippen LogP contribution is -2.57. The maximum absolute atomic E-state index is 12.4. The number of alkyl halides is 3. The van der Waals surface area contributed by atoms with Gasteiger partial charge in [-0.2, -0.15) is 13.2 Å². The molecule has 0 unspecified atom stereocenters. The number of halogens is 4. The molecule has 2 rings (SSSR count). The van der Waals surface area contributed by atoms with Crippen LogP contribution in [0.5, 0.6) is 0 Å². The van der Waals surface area contributed by atoms with Gasteiger partial charge in [-0.05, 0) is 13.1 Å². The second-order valence-corrected chi connectivity index (χ2v) is 4.32. The van der Waals surface area contributed by atoms with E-state index >= 15 is 0 Å². The van der Waals surface area contributed by atoms with Gasteiger partial charge in [-0.15, -0.1) is 0 Å². The molecule has 0 radical (unpaired) electrons. The molecule has 1 aliphatic rings. The molecule has 1 saturated heterocycles. The number of aromatic nitrogens is 1. The second kappa shape index (κ2) is 4.34. The highest BCUT2D eigenvalue weighted by Gasteiger charge is 2.33. The summed E-state index contributed by atoms with van der Waals surface area (Å²) in [4.78, 5) is 5.62. The van der Waals surface area contributed by atoms with Gasteiger partial charge in [0.1, 0.15) is 5.82 Å². The van der Waals surface area contributed by atoms with Crippen molar-refractivity contribution in [1.82, 2.24) is 10.3 Å². The fourth-order valence-electron chi connectivity index (χ4n) is 1.65. The van der Waals surface area contributed by atoms with E-state index in [0.29, 0.717) is 24.9 Å². The van der Waals surface area contributed by atoms with Gasteiger partial charge in [0.05, 0.1) is 10.6 Å². The van der Waals surface area contributed by atoms with Gasteiger partial charge in [0.25, 0.3) is 0 Å². The SMILES string of the molecule is CNC1CN(c2ncc(C(F)(F)F)cc2Cl)C1. The molecule has 3 nitrogen and oxygen atoms in total. The minimum atomic E-state index is -4.41. The number of anilines is 1. The Morgan fingerprint density at radius 2 is 2.12 bits per heavy atom. The molecule has 1 fully saturated rings. The highest BCUT2D eigenvalue weighted by atomic mass is 35.5. The molecule has 7 heteroatoms. The topological polar surface area (TPSA) is 28.2 Å². The third kappa shape index (κ3) is 2.47. The molecule has 0 spiro atoms. The minimum Gasteiger partial charge on any atom is -0.352 e. The van der Waals surface area contributed by atoms with Gasteiger partial charge < -0.3 is 10.2 Å². The molecule has 1 N–H and O–H groups in total. The highest BCUT2D eigenvalue weighted by molar-refractivity contribution is 6.33. The molecule has 0 amide bonds. The van der Waals surface area contributed by atoms with E-state index in [1.54, 1.807) is 0 Å². The Bertz CT molecular complexity index is 416. The van der Waals surface area contributed by atoms with Gasteiger partial charge in [-0.25, -0.2) is 4.98 Å². The third-order valence-electron chi connectivity index (χ3n) is 2.74. The lowest BCUT2D eigenvalue weighted by Gasteiger charge is -2.40. The molecule has 2 heterocycles. The van der Waals surface area contributed by atoms with Crippen LogP contribution >= 0.6 is 11.6 Å². The van der Waals surface area contributed by atoms with Crippen molar-refractivity contribution in [3.05, 3.63) is 22.8 Å². The van der Waals surface area contributed by atoms with Crippen LogP contribution in [0.4, 0.5) is 19.0 Å². The summed E-state index contributed by atoms with van der Waals surface area (Å²) in [5.74, 6) is 0.408. The Morgan fingerprint density at radius 3 is 2.59 bits per heavy atom. The van der Waals surface area contributed by atoms with Gasteiger partial charge in [0.15, 0.2) is 0 Å². The molecular weight excluding hydrogens is 255 g/mol. The molecule has 0 aromatic carbocycles. The predicted molar refractivity (Wildman–Crippen MR) is 59.3 cm³/mol. The number of nitrogens with zero attached hydrogens (tertiary/aromatic N) is 2. The summed E-state index contributed by atoms with van der Waals surface area (Å²) in [5.41, 5.74) is -0.822. The quantitative estimate of drug-likeness (QED) is 0.888. The molecule has 1 aliphatic heterocycles. The van der Waals surface area contributed by atoms with Crippen LogP contribution in [0, 0.1) is 0 Å². The van der Waals surface area contributed by atoms with Crippen molar-refractivity contribution >= 4 is 17.4 Å². The van der Waals surface area contributed by atoms with Crippen LogP contribution < -0.4 is 10.2 Å². The van der Waals surface area contributed by atoms with Crippen molar-refractivity contribution in [1.29, 1.82) is 0 Å². The Morgan fingerprint density at radius 1 is 1.47 bits per heavy atom. The summed E-state index contributed by atoms with van der Waals surface area (Å²) in [6.45, 7) is 1.41. The monoisotopic (exact) mass is 265 g/mol. The minimum absolute atomic E-state index is 0.0365. The van der Waals surface area contributed by atoms with Crippen LogP contribution in [-0.4, -0.2) is 31.2 Å². The van der Waals surface area contributed by atoms with Gasteiger partial charge in [-0.3, -0.25) is 0 Å². The van der Waals surface area contributed by atoms with E-state index in [4.69, 9.17) is 11.6 Å². The summed E-state index contributed by atoms with van der Waals surface area (Å²) >= 11 is 5.81. The van der Waals surface area contributed by atoms with Gasteiger partial charge in [0.2, 0.25) is 0 Å². The van der Waals surface area contributed by atoms with Crippen molar-refractivity contribution in [2.75, 3.05) is 25.0 Å². The zero-order valence-electron chi connectivity index (χ0n) is 9.05. The lowest BCUT2D eigenvalue weighted by atomic mass is 10.1. The zero-order chi connectivity index (χ0) is 12.6. The lowest BCUT2D eigenvalue weighted by molar-refractivity contribution is -0.137. The van der Waals surface area contributed by atoms with Crippen molar-refractivity contribution < 1.29 is 13.2 Å². The average molecular weight is 266 g/mol. The molecule has 17 heavy (non-hydrogen) atoms. The summed E-state index contributed by atoms with van der Waals surface area (Å²) in [7, 11) is 1.84. The Kier molecular flexibility index (Phi) is 3.18. The Hall–Kier alpha value is -1.01. The molecular formula is C10H11ClF3N3. The van der Waals surface area contributed by atoms with E-state index < -0.39 is 11.7 Å². The molecule has 0 saturated carbocycles. The van der Waals surface area contributed by atoms with Crippen LogP contribution in [-0.2, 0) is 6.18 Å². The summed E-state index contributed by atoms with van der Waals surface area (Å²) < 4.78 is 37.2. The van der Waals surface area contributed by atoms with E-state index in [2.05, 4.69) is 10.3 Å². The third-order valence-corrected chi connectivity index (χ3v) is 3.02. The Labute approximate surface area is 102 Å². The van der Waals surface area contributed by atoms with Crippen LogP contribution in [0.1, 0.15) is 5.56 Å². The van der Waals surface area contributed by atoms with Gasteiger partial charge in [-0.1, -0.05) is 11.6 Å². The van der Waals surface area contributed by atoms with E-state index in [0.717, 1.165) is 12.3 Å². The summed E-state index contributed by atoms with van der Waals surface area (Å²) in [6.07, 6.45) is -3.59. The fourth-order valence-corrected chi connectivity index (χ4v) is 1.94. The van der Waals surface area contributed by atoms with Crippen LogP contribution in [0.3, 0.4) is 0 Å². The van der Waals surface area contributed by atoms with Crippen LogP contribution in [0.25, 0.3) is 0 Å². The second-order valence-electron chi connectivity index (χ2n) is 3.92. The van der Waals surface area contributed by atoms with E-state index in [1.165, 1.54) is 0 Å². The van der Waals surface area contributed by atoms with Crippen LogP contribution in [0.15, 0.2) is 12.3 Å². The largest absolute Gasteiger partial charge is 0.417 e.